The lowest BCUT2D eigenvalue weighted by molar-refractivity contribution is -0.173. The Balaban J connectivity index is 4.77. The Labute approximate surface area is 99.5 Å². The normalized spacial score (nSPS) is 9.88. The maximum Gasteiger partial charge on any atom is 0.356 e. The van der Waals surface area contributed by atoms with E-state index in [2.05, 4.69) is 9.47 Å². The molecule has 0 saturated carbocycles. The van der Waals surface area contributed by atoms with Gasteiger partial charge >= 0.3 is 17.6 Å². The molecule has 5 heteroatoms. The number of terminal acetylenes is 2. The van der Waals surface area contributed by atoms with Gasteiger partial charge in [-0.15, -0.1) is 12.8 Å². The molecule has 0 heterocycles. The molecule has 0 rings (SSSR count). The number of rotatable bonds is 6. The first-order valence-corrected chi connectivity index (χ1v) is 4.93. The average molecular weight is 240 g/mol. The molecule has 0 amide bonds. The van der Waals surface area contributed by atoms with Crippen molar-refractivity contribution in [3.05, 3.63) is 0 Å². The Bertz CT molecular complexity index is 332. The summed E-state index contributed by atoms with van der Waals surface area (Å²) in [5, 5.41) is 0. The minimum atomic E-state index is -2.84. The van der Waals surface area contributed by atoms with E-state index < -0.39 is 30.8 Å². The second kappa shape index (κ2) is 7.29. The third-order valence-electron chi connectivity index (χ3n) is 1.81. The molecule has 0 aromatic heterocycles. The van der Waals surface area contributed by atoms with Crippen LogP contribution in [0.4, 0.5) is 4.39 Å². The SMILES string of the molecule is C#CCOC(=O)C(F)(CCC)C(=O)OCC#C. The fourth-order valence-corrected chi connectivity index (χ4v) is 1.08. The molecule has 0 unspecified atom stereocenters. The van der Waals surface area contributed by atoms with E-state index in [1.54, 1.807) is 6.92 Å². The van der Waals surface area contributed by atoms with Gasteiger partial charge in [0.25, 0.3) is 0 Å². The lowest BCUT2D eigenvalue weighted by Crippen LogP contribution is -2.45. The molecular weight excluding hydrogens is 227 g/mol. The van der Waals surface area contributed by atoms with E-state index in [1.807, 2.05) is 11.8 Å². The summed E-state index contributed by atoms with van der Waals surface area (Å²) < 4.78 is 23.0. The van der Waals surface area contributed by atoms with Crippen LogP contribution in [0.5, 0.6) is 0 Å². The Morgan fingerprint density at radius 1 is 1.18 bits per heavy atom. The second-order valence-corrected chi connectivity index (χ2v) is 3.11. The van der Waals surface area contributed by atoms with Crippen LogP contribution in [-0.4, -0.2) is 30.8 Å². The molecule has 0 aliphatic carbocycles. The van der Waals surface area contributed by atoms with Crippen molar-refractivity contribution in [3.8, 4) is 24.7 Å². The van der Waals surface area contributed by atoms with Gasteiger partial charge in [0.15, 0.2) is 13.2 Å². The third-order valence-corrected chi connectivity index (χ3v) is 1.81. The zero-order valence-corrected chi connectivity index (χ0v) is 9.49. The highest BCUT2D eigenvalue weighted by molar-refractivity contribution is 6.03. The summed E-state index contributed by atoms with van der Waals surface area (Å²) in [6.45, 7) is 0.796. The Hall–Kier alpha value is -2.01. The standard InChI is InChI=1S/C12H13FO4/c1-4-7-12(13,10(14)16-8-5-2)11(15)17-9-6-3/h2-3H,4,7-9H2,1H3. The summed E-state index contributed by atoms with van der Waals surface area (Å²) in [4.78, 5) is 22.7. The molecule has 0 saturated heterocycles. The molecular formula is C12H13FO4. The van der Waals surface area contributed by atoms with Crippen LogP contribution < -0.4 is 0 Å². The van der Waals surface area contributed by atoms with E-state index in [1.165, 1.54) is 0 Å². The molecule has 0 N–H and O–H groups in total. The van der Waals surface area contributed by atoms with Gasteiger partial charge in [-0.25, -0.2) is 14.0 Å². The Morgan fingerprint density at radius 2 is 1.59 bits per heavy atom. The minimum Gasteiger partial charge on any atom is -0.450 e. The van der Waals surface area contributed by atoms with Crippen LogP contribution in [0.2, 0.25) is 0 Å². The smallest absolute Gasteiger partial charge is 0.356 e. The van der Waals surface area contributed by atoms with E-state index in [0.717, 1.165) is 0 Å². The molecule has 0 fully saturated rings. The lowest BCUT2D eigenvalue weighted by Gasteiger charge is -2.19. The average Bonchev–Trinajstić information content (AvgIpc) is 2.32. The van der Waals surface area contributed by atoms with Crippen molar-refractivity contribution >= 4 is 11.9 Å². The number of hydrogen-bond acceptors (Lipinski definition) is 4. The molecule has 0 aliphatic rings. The monoisotopic (exact) mass is 240 g/mol. The first-order valence-electron chi connectivity index (χ1n) is 4.93. The fourth-order valence-electron chi connectivity index (χ4n) is 1.08. The van der Waals surface area contributed by atoms with Crippen LogP contribution in [0.25, 0.3) is 0 Å². The summed E-state index contributed by atoms with van der Waals surface area (Å²) in [7, 11) is 0. The van der Waals surface area contributed by atoms with E-state index in [-0.39, 0.29) is 12.8 Å². The van der Waals surface area contributed by atoms with Gasteiger partial charge in [-0.1, -0.05) is 25.2 Å². The second-order valence-electron chi connectivity index (χ2n) is 3.11. The van der Waals surface area contributed by atoms with E-state index in [9.17, 15) is 14.0 Å². The van der Waals surface area contributed by atoms with Crippen molar-refractivity contribution in [1.82, 2.24) is 0 Å². The van der Waals surface area contributed by atoms with Crippen LogP contribution in [0.15, 0.2) is 0 Å². The predicted octanol–water partition coefficient (Wildman–Crippen LogP) is 0.848. The highest BCUT2D eigenvalue weighted by Crippen LogP contribution is 2.22. The van der Waals surface area contributed by atoms with Crippen molar-refractivity contribution in [1.29, 1.82) is 0 Å². The first-order chi connectivity index (χ1) is 8.02. The summed E-state index contributed by atoms with van der Waals surface area (Å²) in [6, 6.07) is 0. The van der Waals surface area contributed by atoms with E-state index in [0.29, 0.717) is 0 Å². The van der Waals surface area contributed by atoms with Crippen molar-refractivity contribution in [2.24, 2.45) is 0 Å². The van der Waals surface area contributed by atoms with Crippen molar-refractivity contribution < 1.29 is 23.5 Å². The number of ether oxygens (including phenoxy) is 2. The zero-order chi connectivity index (χ0) is 13.3. The maximum absolute atomic E-state index is 14.1. The number of carbonyl (C=O) groups excluding carboxylic acids is 2. The summed E-state index contributed by atoms with van der Waals surface area (Å²) >= 11 is 0. The van der Waals surface area contributed by atoms with Gasteiger partial charge < -0.3 is 9.47 Å². The fraction of sp³-hybridized carbons (Fsp3) is 0.500. The molecule has 0 bridgehead atoms. The lowest BCUT2D eigenvalue weighted by atomic mass is 10.0. The molecule has 92 valence electrons. The number of alkyl halides is 1. The van der Waals surface area contributed by atoms with Gasteiger partial charge in [-0.2, -0.15) is 0 Å². The van der Waals surface area contributed by atoms with Crippen molar-refractivity contribution in [2.45, 2.75) is 25.4 Å². The van der Waals surface area contributed by atoms with Crippen LogP contribution in [-0.2, 0) is 19.1 Å². The topological polar surface area (TPSA) is 52.6 Å². The molecule has 0 atom stereocenters. The highest BCUT2D eigenvalue weighted by atomic mass is 19.1. The van der Waals surface area contributed by atoms with Crippen LogP contribution in [0, 0.1) is 24.7 Å². The molecule has 0 aromatic rings. The predicted molar refractivity (Wildman–Crippen MR) is 58.3 cm³/mol. The molecule has 0 radical (unpaired) electrons. The highest BCUT2D eigenvalue weighted by Gasteiger charge is 2.49. The van der Waals surface area contributed by atoms with Crippen LogP contribution in [0.1, 0.15) is 19.8 Å². The van der Waals surface area contributed by atoms with Gasteiger partial charge in [-0.3, -0.25) is 0 Å². The minimum absolute atomic E-state index is 0.257. The molecule has 0 spiro atoms. The van der Waals surface area contributed by atoms with Crippen molar-refractivity contribution in [2.75, 3.05) is 13.2 Å². The van der Waals surface area contributed by atoms with Crippen LogP contribution in [0.3, 0.4) is 0 Å². The van der Waals surface area contributed by atoms with Gasteiger partial charge in [0.05, 0.1) is 0 Å². The first kappa shape index (κ1) is 15.0. The molecule has 0 aliphatic heterocycles. The van der Waals surface area contributed by atoms with E-state index >= 15 is 0 Å². The zero-order valence-electron chi connectivity index (χ0n) is 9.49. The quantitative estimate of drug-likeness (QED) is 0.392. The molecule has 17 heavy (non-hydrogen) atoms. The number of hydrogen-bond donors (Lipinski definition) is 0. The summed E-state index contributed by atoms with van der Waals surface area (Å²) in [6.07, 6.45) is 9.63. The molecule has 0 aromatic carbocycles. The maximum atomic E-state index is 14.1. The van der Waals surface area contributed by atoms with Crippen molar-refractivity contribution in [3.63, 3.8) is 0 Å². The van der Waals surface area contributed by atoms with Crippen LogP contribution >= 0.6 is 0 Å². The Kier molecular flexibility index (Phi) is 6.43. The largest absolute Gasteiger partial charge is 0.450 e. The Morgan fingerprint density at radius 3 is 1.88 bits per heavy atom. The van der Waals surface area contributed by atoms with Gasteiger partial charge in [0.1, 0.15) is 0 Å². The van der Waals surface area contributed by atoms with Gasteiger partial charge in [-0.05, 0) is 0 Å². The third kappa shape index (κ3) is 4.16. The molecule has 4 nitrogen and oxygen atoms in total. The number of carbonyl (C=O) groups is 2. The number of halogens is 1. The van der Waals surface area contributed by atoms with E-state index in [4.69, 9.17) is 12.8 Å². The summed E-state index contributed by atoms with van der Waals surface area (Å²) in [5.41, 5.74) is -2.84. The van der Waals surface area contributed by atoms with Gasteiger partial charge in [0, 0.05) is 6.42 Å². The number of esters is 2. The summed E-state index contributed by atoms with van der Waals surface area (Å²) in [5.74, 6) is 1.31. The van der Waals surface area contributed by atoms with Gasteiger partial charge in [0.2, 0.25) is 0 Å².